The summed E-state index contributed by atoms with van der Waals surface area (Å²) in [7, 11) is 2.05. The maximum atomic E-state index is 3.53. The summed E-state index contributed by atoms with van der Waals surface area (Å²) in [5.41, 5.74) is 2.86. The maximum absolute atomic E-state index is 3.53. The second kappa shape index (κ2) is 6.18. The Hall–Kier alpha value is -0.860. The van der Waals surface area contributed by atoms with Gasteiger partial charge in [0.05, 0.1) is 0 Å². The molecule has 0 saturated carbocycles. The fourth-order valence-electron chi connectivity index (χ4n) is 2.90. The Morgan fingerprint density at radius 2 is 2.35 bits per heavy atom. The quantitative estimate of drug-likeness (QED) is 0.832. The average Bonchev–Trinajstić information content (AvgIpc) is 2.37. The standard InChI is InChI=1S/C15H24N2/c1-12-5-3-6-13(9-12)15(11-16-2)14-7-4-8-17-10-14/h3,5-6,9,14-17H,4,7-8,10-11H2,1-2H3. The molecule has 0 aromatic heterocycles. The highest BCUT2D eigenvalue weighted by molar-refractivity contribution is 5.26. The highest BCUT2D eigenvalue weighted by atomic mass is 14.9. The second-order valence-electron chi connectivity index (χ2n) is 5.18. The first kappa shape index (κ1) is 12.6. The van der Waals surface area contributed by atoms with Crippen molar-refractivity contribution < 1.29 is 0 Å². The number of rotatable bonds is 4. The molecule has 2 atom stereocenters. The molecule has 94 valence electrons. The van der Waals surface area contributed by atoms with Gasteiger partial charge in [0.2, 0.25) is 0 Å². The fourth-order valence-corrected chi connectivity index (χ4v) is 2.90. The Labute approximate surface area is 105 Å². The van der Waals surface area contributed by atoms with Crippen molar-refractivity contribution in [3.8, 4) is 0 Å². The van der Waals surface area contributed by atoms with Crippen molar-refractivity contribution >= 4 is 0 Å². The molecule has 1 aliphatic heterocycles. The number of hydrogen-bond acceptors (Lipinski definition) is 2. The molecule has 0 radical (unpaired) electrons. The molecule has 0 amide bonds. The van der Waals surface area contributed by atoms with Crippen LogP contribution in [-0.2, 0) is 0 Å². The molecule has 1 aromatic rings. The molecule has 2 nitrogen and oxygen atoms in total. The van der Waals surface area contributed by atoms with Gasteiger partial charge in [0.25, 0.3) is 0 Å². The number of likely N-dealkylation sites (N-methyl/N-ethyl adjacent to an activating group) is 1. The largest absolute Gasteiger partial charge is 0.319 e. The van der Waals surface area contributed by atoms with E-state index in [9.17, 15) is 0 Å². The molecule has 2 rings (SSSR count). The van der Waals surface area contributed by atoms with Crippen molar-refractivity contribution in [3.63, 3.8) is 0 Å². The Balaban J connectivity index is 2.15. The molecule has 17 heavy (non-hydrogen) atoms. The molecule has 2 heteroatoms. The summed E-state index contributed by atoms with van der Waals surface area (Å²) in [6.07, 6.45) is 2.67. The molecule has 1 aromatic carbocycles. The topological polar surface area (TPSA) is 24.1 Å². The third kappa shape index (κ3) is 3.30. The molecule has 0 aliphatic carbocycles. The van der Waals surface area contributed by atoms with E-state index in [1.165, 1.54) is 37.1 Å². The van der Waals surface area contributed by atoms with Crippen molar-refractivity contribution in [1.29, 1.82) is 0 Å². The van der Waals surface area contributed by atoms with Crippen molar-refractivity contribution in [2.45, 2.75) is 25.7 Å². The van der Waals surface area contributed by atoms with E-state index in [0.717, 1.165) is 12.5 Å². The summed E-state index contributed by atoms with van der Waals surface area (Å²) in [5.74, 6) is 1.42. The van der Waals surface area contributed by atoms with Crippen LogP contribution in [-0.4, -0.2) is 26.7 Å². The summed E-state index contributed by atoms with van der Waals surface area (Å²) >= 11 is 0. The van der Waals surface area contributed by atoms with E-state index in [1.54, 1.807) is 0 Å². The molecular formula is C15H24N2. The lowest BCUT2D eigenvalue weighted by Gasteiger charge is -2.31. The molecule has 2 N–H and O–H groups in total. The van der Waals surface area contributed by atoms with Gasteiger partial charge >= 0.3 is 0 Å². The van der Waals surface area contributed by atoms with Gasteiger partial charge in [0.15, 0.2) is 0 Å². The van der Waals surface area contributed by atoms with Crippen molar-refractivity contribution in [2.24, 2.45) is 5.92 Å². The van der Waals surface area contributed by atoms with E-state index in [2.05, 4.69) is 48.9 Å². The fraction of sp³-hybridized carbons (Fsp3) is 0.600. The lowest BCUT2D eigenvalue weighted by atomic mass is 9.81. The molecule has 0 spiro atoms. The predicted molar refractivity (Wildman–Crippen MR) is 73.4 cm³/mol. The van der Waals surface area contributed by atoms with Gasteiger partial charge in [-0.1, -0.05) is 29.8 Å². The Bertz CT molecular complexity index is 343. The van der Waals surface area contributed by atoms with Crippen LogP contribution in [0.3, 0.4) is 0 Å². The highest BCUT2D eigenvalue weighted by Crippen LogP contribution is 2.29. The first-order valence-electron chi connectivity index (χ1n) is 6.73. The van der Waals surface area contributed by atoms with Crippen LogP contribution in [0, 0.1) is 12.8 Å². The maximum Gasteiger partial charge on any atom is 0.00203 e. The Morgan fingerprint density at radius 3 is 3.00 bits per heavy atom. The molecule has 1 aliphatic rings. The summed E-state index contributed by atoms with van der Waals surface area (Å²) < 4.78 is 0. The van der Waals surface area contributed by atoms with Crippen LogP contribution in [0.4, 0.5) is 0 Å². The van der Waals surface area contributed by atoms with Gasteiger partial charge in [0, 0.05) is 12.5 Å². The van der Waals surface area contributed by atoms with E-state index >= 15 is 0 Å². The summed E-state index contributed by atoms with van der Waals surface area (Å²) in [6.45, 7) is 5.62. The number of hydrogen-bond donors (Lipinski definition) is 2. The van der Waals surface area contributed by atoms with E-state index < -0.39 is 0 Å². The minimum Gasteiger partial charge on any atom is -0.319 e. The smallest absolute Gasteiger partial charge is 0.00203 e. The van der Waals surface area contributed by atoms with Gasteiger partial charge < -0.3 is 10.6 Å². The van der Waals surface area contributed by atoms with Crippen LogP contribution in [0.1, 0.15) is 29.9 Å². The molecule has 1 saturated heterocycles. The predicted octanol–water partition coefficient (Wildman–Crippen LogP) is 2.30. The Morgan fingerprint density at radius 1 is 1.47 bits per heavy atom. The normalized spacial score (nSPS) is 22.4. The van der Waals surface area contributed by atoms with Crippen molar-refractivity contribution in [1.82, 2.24) is 10.6 Å². The zero-order chi connectivity index (χ0) is 12.1. The molecule has 1 heterocycles. The second-order valence-corrected chi connectivity index (χ2v) is 5.18. The van der Waals surface area contributed by atoms with Crippen LogP contribution in [0.15, 0.2) is 24.3 Å². The molecule has 2 unspecified atom stereocenters. The van der Waals surface area contributed by atoms with Crippen molar-refractivity contribution in [2.75, 3.05) is 26.7 Å². The SMILES string of the molecule is CNCC(c1cccc(C)c1)C1CCCNC1. The first-order valence-corrected chi connectivity index (χ1v) is 6.73. The summed E-state index contributed by atoms with van der Waals surface area (Å²) in [5, 5.41) is 6.89. The van der Waals surface area contributed by atoms with Gasteiger partial charge in [-0.3, -0.25) is 0 Å². The number of nitrogens with one attached hydrogen (secondary N) is 2. The lowest BCUT2D eigenvalue weighted by Crippen LogP contribution is -2.36. The van der Waals surface area contributed by atoms with E-state index in [1.807, 2.05) is 0 Å². The van der Waals surface area contributed by atoms with Crippen LogP contribution >= 0.6 is 0 Å². The van der Waals surface area contributed by atoms with E-state index in [0.29, 0.717) is 5.92 Å². The minimum atomic E-state index is 0.646. The van der Waals surface area contributed by atoms with E-state index in [4.69, 9.17) is 0 Å². The van der Waals surface area contributed by atoms with Crippen LogP contribution in [0.5, 0.6) is 0 Å². The molecule has 0 bridgehead atoms. The average molecular weight is 232 g/mol. The third-order valence-corrected chi connectivity index (χ3v) is 3.80. The summed E-state index contributed by atoms with van der Waals surface area (Å²) in [4.78, 5) is 0. The Kier molecular flexibility index (Phi) is 4.57. The van der Waals surface area contributed by atoms with Gasteiger partial charge in [-0.15, -0.1) is 0 Å². The van der Waals surface area contributed by atoms with E-state index in [-0.39, 0.29) is 0 Å². The zero-order valence-corrected chi connectivity index (χ0v) is 11.0. The van der Waals surface area contributed by atoms with Crippen LogP contribution in [0.2, 0.25) is 0 Å². The minimum absolute atomic E-state index is 0.646. The highest BCUT2D eigenvalue weighted by Gasteiger charge is 2.24. The first-order chi connectivity index (χ1) is 8.31. The van der Waals surface area contributed by atoms with Gasteiger partial charge in [-0.25, -0.2) is 0 Å². The third-order valence-electron chi connectivity index (χ3n) is 3.80. The van der Waals surface area contributed by atoms with Gasteiger partial charge in [-0.2, -0.15) is 0 Å². The lowest BCUT2D eigenvalue weighted by molar-refractivity contribution is 0.317. The monoisotopic (exact) mass is 232 g/mol. The van der Waals surface area contributed by atoms with Gasteiger partial charge in [-0.05, 0) is 51.4 Å². The number of aryl methyl sites for hydroxylation is 1. The number of benzene rings is 1. The molecular weight excluding hydrogens is 208 g/mol. The number of piperidine rings is 1. The van der Waals surface area contributed by atoms with Gasteiger partial charge in [0.1, 0.15) is 0 Å². The molecule has 1 fully saturated rings. The summed E-state index contributed by atoms with van der Waals surface area (Å²) in [6, 6.07) is 8.99. The van der Waals surface area contributed by atoms with Crippen LogP contribution in [0.25, 0.3) is 0 Å². The van der Waals surface area contributed by atoms with Crippen LogP contribution < -0.4 is 10.6 Å². The van der Waals surface area contributed by atoms with Crippen molar-refractivity contribution in [3.05, 3.63) is 35.4 Å². The zero-order valence-electron chi connectivity index (χ0n) is 11.0.